The van der Waals surface area contributed by atoms with E-state index in [0.717, 1.165) is 28.9 Å². The number of para-hydroxylation sites is 1. The minimum atomic E-state index is -0.103. The Morgan fingerprint density at radius 1 is 1.19 bits per heavy atom. The normalized spacial score (nSPS) is 18.6. The zero-order valence-corrected chi connectivity index (χ0v) is 16.6. The van der Waals surface area contributed by atoms with Gasteiger partial charge in [-0.05, 0) is 36.6 Å². The highest BCUT2D eigenvalue weighted by atomic mass is 32.2. The van der Waals surface area contributed by atoms with E-state index in [0.29, 0.717) is 11.7 Å². The standard InChI is InChI=1S/C21H23N3O2S/c1-4-19-20(25)24(14-17-11-6-5-9-15(17)2)21(27-19)23-22-13-16-10-7-8-12-18(16)26-3/h5-13,19H,4,14H2,1-3H3/b22-13+,23-21-. The molecule has 0 aliphatic carbocycles. The molecule has 1 aliphatic rings. The van der Waals surface area contributed by atoms with Gasteiger partial charge in [0.25, 0.3) is 0 Å². The number of methoxy groups -OCH3 is 1. The zero-order chi connectivity index (χ0) is 19.2. The third kappa shape index (κ3) is 4.39. The molecule has 1 atom stereocenters. The maximum Gasteiger partial charge on any atom is 0.242 e. The van der Waals surface area contributed by atoms with Crippen molar-refractivity contribution in [2.75, 3.05) is 7.11 Å². The Hall–Kier alpha value is -2.60. The number of rotatable bonds is 6. The van der Waals surface area contributed by atoms with E-state index in [-0.39, 0.29) is 11.2 Å². The van der Waals surface area contributed by atoms with Crippen LogP contribution < -0.4 is 4.74 Å². The van der Waals surface area contributed by atoms with Gasteiger partial charge in [0.15, 0.2) is 5.17 Å². The Labute approximate surface area is 164 Å². The van der Waals surface area contributed by atoms with E-state index in [9.17, 15) is 4.79 Å². The number of ether oxygens (including phenoxy) is 1. The van der Waals surface area contributed by atoms with Crippen LogP contribution in [-0.4, -0.2) is 34.5 Å². The summed E-state index contributed by atoms with van der Waals surface area (Å²) in [7, 11) is 1.62. The van der Waals surface area contributed by atoms with E-state index in [2.05, 4.69) is 23.2 Å². The molecule has 27 heavy (non-hydrogen) atoms. The third-order valence-corrected chi connectivity index (χ3v) is 5.79. The van der Waals surface area contributed by atoms with Crippen LogP contribution in [0.15, 0.2) is 58.7 Å². The van der Waals surface area contributed by atoms with Crippen LogP contribution >= 0.6 is 11.8 Å². The van der Waals surface area contributed by atoms with Crippen LogP contribution in [0, 0.1) is 6.92 Å². The average molecular weight is 382 g/mol. The van der Waals surface area contributed by atoms with Crippen LogP contribution in [0.2, 0.25) is 0 Å². The topological polar surface area (TPSA) is 54.3 Å². The first-order valence-corrected chi connectivity index (χ1v) is 9.78. The van der Waals surface area contributed by atoms with Crippen LogP contribution in [0.25, 0.3) is 0 Å². The van der Waals surface area contributed by atoms with Crippen LogP contribution in [0.5, 0.6) is 5.75 Å². The molecule has 0 aromatic heterocycles. The number of aryl methyl sites for hydroxylation is 1. The molecule has 1 unspecified atom stereocenters. The van der Waals surface area contributed by atoms with Crippen molar-refractivity contribution >= 4 is 29.1 Å². The summed E-state index contributed by atoms with van der Waals surface area (Å²) in [6.07, 6.45) is 2.42. The van der Waals surface area contributed by atoms with Crippen molar-refractivity contribution in [2.45, 2.75) is 32.1 Å². The molecule has 0 N–H and O–H groups in total. The highest BCUT2D eigenvalue weighted by molar-refractivity contribution is 8.15. The smallest absolute Gasteiger partial charge is 0.242 e. The Morgan fingerprint density at radius 3 is 2.67 bits per heavy atom. The van der Waals surface area contributed by atoms with Crippen molar-refractivity contribution < 1.29 is 9.53 Å². The van der Waals surface area contributed by atoms with Crippen LogP contribution in [0.1, 0.15) is 30.0 Å². The predicted octanol–water partition coefficient (Wildman–Crippen LogP) is 4.25. The lowest BCUT2D eigenvalue weighted by atomic mass is 10.1. The minimum absolute atomic E-state index is 0.0944. The fraction of sp³-hybridized carbons (Fsp3) is 0.286. The fourth-order valence-corrected chi connectivity index (χ4v) is 3.89. The van der Waals surface area contributed by atoms with Gasteiger partial charge in [-0.15, -0.1) is 5.10 Å². The third-order valence-electron chi connectivity index (χ3n) is 4.46. The van der Waals surface area contributed by atoms with Crippen molar-refractivity contribution in [1.82, 2.24) is 4.90 Å². The first kappa shape index (κ1) is 19.2. The van der Waals surface area contributed by atoms with E-state index in [4.69, 9.17) is 4.74 Å². The molecular weight excluding hydrogens is 358 g/mol. The number of amides is 1. The SMILES string of the molecule is CCC1S/C(=N\N=C\c2ccccc2OC)N(Cc2ccccc2C)C1=O. The average Bonchev–Trinajstić information content (AvgIpc) is 2.99. The summed E-state index contributed by atoms with van der Waals surface area (Å²) < 4.78 is 5.32. The number of carbonyl (C=O) groups is 1. The second kappa shape index (κ2) is 8.86. The Morgan fingerprint density at radius 2 is 1.93 bits per heavy atom. The number of amidine groups is 1. The van der Waals surface area contributed by atoms with Gasteiger partial charge in [0.05, 0.1) is 25.1 Å². The van der Waals surface area contributed by atoms with Crippen LogP contribution in [-0.2, 0) is 11.3 Å². The van der Waals surface area contributed by atoms with Gasteiger partial charge in [-0.1, -0.05) is 55.1 Å². The lowest BCUT2D eigenvalue weighted by Crippen LogP contribution is -2.31. The van der Waals surface area contributed by atoms with Crippen LogP contribution in [0.3, 0.4) is 0 Å². The molecule has 6 heteroatoms. The predicted molar refractivity (Wildman–Crippen MR) is 111 cm³/mol. The molecule has 2 aromatic carbocycles. The van der Waals surface area contributed by atoms with Gasteiger partial charge < -0.3 is 4.74 Å². The lowest BCUT2D eigenvalue weighted by Gasteiger charge is -2.17. The molecule has 1 saturated heterocycles. The van der Waals surface area contributed by atoms with E-state index < -0.39 is 0 Å². The molecular formula is C21H23N3O2S. The number of hydrogen-bond acceptors (Lipinski definition) is 5. The van der Waals surface area contributed by atoms with Crippen molar-refractivity contribution in [3.63, 3.8) is 0 Å². The Kier molecular flexibility index (Phi) is 6.29. The van der Waals surface area contributed by atoms with Crippen molar-refractivity contribution in [3.05, 3.63) is 65.2 Å². The molecule has 140 valence electrons. The van der Waals surface area contributed by atoms with Gasteiger partial charge >= 0.3 is 0 Å². The van der Waals surface area contributed by atoms with Gasteiger partial charge in [-0.2, -0.15) is 5.10 Å². The largest absolute Gasteiger partial charge is 0.496 e. The van der Waals surface area contributed by atoms with Crippen LogP contribution in [0.4, 0.5) is 0 Å². The van der Waals surface area contributed by atoms with Gasteiger partial charge in [0.1, 0.15) is 5.75 Å². The first-order valence-electron chi connectivity index (χ1n) is 8.90. The number of carbonyl (C=O) groups excluding carboxylic acids is 1. The highest BCUT2D eigenvalue weighted by Gasteiger charge is 2.37. The summed E-state index contributed by atoms with van der Waals surface area (Å²) >= 11 is 1.48. The quantitative estimate of drug-likeness (QED) is 0.555. The number of thioether (sulfide) groups is 1. The molecule has 0 saturated carbocycles. The van der Waals surface area contributed by atoms with Crippen molar-refractivity contribution in [2.24, 2.45) is 10.2 Å². The first-order chi connectivity index (χ1) is 13.1. The monoisotopic (exact) mass is 381 g/mol. The lowest BCUT2D eigenvalue weighted by molar-refractivity contribution is -0.126. The van der Waals surface area contributed by atoms with E-state index >= 15 is 0 Å². The number of hydrogen-bond donors (Lipinski definition) is 0. The highest BCUT2D eigenvalue weighted by Crippen LogP contribution is 2.31. The van der Waals surface area contributed by atoms with Gasteiger partial charge in [-0.25, -0.2) is 0 Å². The molecule has 1 fully saturated rings. The summed E-state index contributed by atoms with van der Waals surface area (Å²) in [4.78, 5) is 14.5. The number of benzene rings is 2. The maximum absolute atomic E-state index is 12.7. The molecule has 5 nitrogen and oxygen atoms in total. The summed E-state index contributed by atoms with van der Waals surface area (Å²) in [6.45, 7) is 4.58. The van der Waals surface area contributed by atoms with E-state index in [1.54, 1.807) is 18.2 Å². The molecule has 0 bridgehead atoms. The van der Waals surface area contributed by atoms with E-state index in [1.807, 2.05) is 49.4 Å². The van der Waals surface area contributed by atoms with Crippen molar-refractivity contribution in [3.8, 4) is 5.75 Å². The molecule has 0 radical (unpaired) electrons. The second-order valence-electron chi connectivity index (χ2n) is 6.23. The van der Waals surface area contributed by atoms with Gasteiger partial charge in [0.2, 0.25) is 5.91 Å². The molecule has 1 heterocycles. The molecule has 0 spiro atoms. The Bertz CT molecular complexity index is 879. The second-order valence-corrected chi connectivity index (χ2v) is 7.40. The Balaban J connectivity index is 1.84. The zero-order valence-electron chi connectivity index (χ0n) is 15.8. The summed E-state index contributed by atoms with van der Waals surface area (Å²) in [5, 5.41) is 9.10. The summed E-state index contributed by atoms with van der Waals surface area (Å²) in [5.74, 6) is 0.830. The van der Waals surface area contributed by atoms with Crippen molar-refractivity contribution in [1.29, 1.82) is 0 Å². The molecule has 1 amide bonds. The maximum atomic E-state index is 12.7. The molecule has 1 aliphatic heterocycles. The minimum Gasteiger partial charge on any atom is -0.496 e. The summed E-state index contributed by atoms with van der Waals surface area (Å²) in [5.41, 5.74) is 3.12. The molecule has 2 aromatic rings. The van der Waals surface area contributed by atoms with E-state index in [1.165, 1.54) is 11.8 Å². The molecule has 3 rings (SSSR count). The summed E-state index contributed by atoms with van der Waals surface area (Å²) in [6, 6.07) is 15.7. The fourth-order valence-electron chi connectivity index (χ4n) is 2.86. The number of nitrogens with zero attached hydrogens (tertiary/aromatic N) is 3. The van der Waals surface area contributed by atoms with Gasteiger partial charge in [-0.3, -0.25) is 9.69 Å². The van der Waals surface area contributed by atoms with Gasteiger partial charge in [0, 0.05) is 5.56 Å².